The molecule has 3 N–H and O–H groups in total. The number of piperidine rings is 1. The summed E-state index contributed by atoms with van der Waals surface area (Å²) < 4.78 is 13.5. The highest BCUT2D eigenvalue weighted by Crippen LogP contribution is 2.23. The molecule has 0 bridgehead atoms. The van der Waals surface area contributed by atoms with Gasteiger partial charge in [-0.25, -0.2) is 9.37 Å². The van der Waals surface area contributed by atoms with Crippen LogP contribution >= 0.6 is 24.8 Å². The molecule has 1 aliphatic rings. The predicted octanol–water partition coefficient (Wildman–Crippen LogP) is 3.95. The van der Waals surface area contributed by atoms with Crippen molar-refractivity contribution in [1.29, 1.82) is 5.26 Å². The van der Waals surface area contributed by atoms with Gasteiger partial charge in [-0.3, -0.25) is 0 Å². The molecule has 0 saturated carbocycles. The van der Waals surface area contributed by atoms with Gasteiger partial charge in [0.25, 0.3) is 0 Å². The molecule has 6 nitrogen and oxygen atoms in total. The van der Waals surface area contributed by atoms with Gasteiger partial charge in [-0.1, -0.05) is 13.3 Å². The van der Waals surface area contributed by atoms with Gasteiger partial charge in [0, 0.05) is 36.6 Å². The van der Waals surface area contributed by atoms with Gasteiger partial charge in [0.1, 0.15) is 17.7 Å². The Morgan fingerprint density at radius 3 is 2.79 bits per heavy atom. The number of aromatic nitrogens is 2. The van der Waals surface area contributed by atoms with Crippen LogP contribution in [0.5, 0.6) is 0 Å². The van der Waals surface area contributed by atoms with Crippen LogP contribution in [0.4, 0.5) is 21.8 Å². The van der Waals surface area contributed by atoms with Crippen molar-refractivity contribution < 1.29 is 4.39 Å². The number of nitrogens with one attached hydrogen (secondary N) is 1. The zero-order chi connectivity index (χ0) is 18.5. The highest BCUT2D eigenvalue weighted by molar-refractivity contribution is 5.85. The number of nitriles is 1. The second-order valence-electron chi connectivity index (χ2n) is 6.57. The first-order chi connectivity index (χ1) is 12.6. The molecule has 1 unspecified atom stereocenters. The molecule has 1 fully saturated rings. The van der Waals surface area contributed by atoms with Crippen LogP contribution < -0.4 is 16.0 Å². The molecule has 1 atom stereocenters. The van der Waals surface area contributed by atoms with Gasteiger partial charge in [0.15, 0.2) is 0 Å². The van der Waals surface area contributed by atoms with Crippen LogP contribution in [0, 0.1) is 17.1 Å². The summed E-state index contributed by atoms with van der Waals surface area (Å²) in [5, 5.41) is 12.1. The first-order valence-electron chi connectivity index (χ1n) is 8.94. The van der Waals surface area contributed by atoms with Crippen LogP contribution in [0.2, 0.25) is 0 Å². The second-order valence-corrected chi connectivity index (χ2v) is 6.57. The smallest absolute Gasteiger partial charge is 0.229 e. The van der Waals surface area contributed by atoms with Crippen molar-refractivity contribution in [1.82, 2.24) is 9.97 Å². The monoisotopic (exact) mass is 426 g/mol. The van der Waals surface area contributed by atoms with Crippen molar-refractivity contribution in [3.8, 4) is 6.07 Å². The van der Waals surface area contributed by atoms with Crippen LogP contribution in [-0.2, 0) is 6.42 Å². The molecule has 0 aliphatic carbocycles. The van der Waals surface area contributed by atoms with Crippen LogP contribution in [0.3, 0.4) is 0 Å². The first kappa shape index (κ1) is 23.9. The van der Waals surface area contributed by atoms with Crippen molar-refractivity contribution in [3.63, 3.8) is 0 Å². The Balaban J connectivity index is 0.00000196. The quantitative estimate of drug-likeness (QED) is 0.751. The summed E-state index contributed by atoms with van der Waals surface area (Å²) in [5.74, 6) is 0.756. The lowest BCUT2D eigenvalue weighted by Gasteiger charge is -2.32. The van der Waals surface area contributed by atoms with Crippen LogP contribution in [0.15, 0.2) is 24.3 Å². The molecule has 1 aliphatic heterocycles. The van der Waals surface area contributed by atoms with Gasteiger partial charge in [-0.15, -0.1) is 24.8 Å². The number of hydrogen-bond acceptors (Lipinski definition) is 6. The molecule has 2 aromatic rings. The summed E-state index contributed by atoms with van der Waals surface area (Å²) in [6, 6.07) is 8.31. The van der Waals surface area contributed by atoms with Gasteiger partial charge in [-0.05, 0) is 37.5 Å². The van der Waals surface area contributed by atoms with E-state index < -0.39 is 5.82 Å². The average molecular weight is 427 g/mol. The maximum absolute atomic E-state index is 13.5. The Kier molecular flexibility index (Phi) is 9.39. The Hall–Kier alpha value is -2.14. The Morgan fingerprint density at radius 1 is 1.32 bits per heavy atom. The molecule has 0 amide bonds. The molecule has 1 aromatic carbocycles. The van der Waals surface area contributed by atoms with Gasteiger partial charge in [0.05, 0.1) is 5.56 Å². The lowest BCUT2D eigenvalue weighted by Crippen LogP contribution is -2.43. The maximum atomic E-state index is 13.5. The van der Waals surface area contributed by atoms with E-state index in [0.29, 0.717) is 11.6 Å². The summed E-state index contributed by atoms with van der Waals surface area (Å²) in [6.07, 6.45) is 3.89. The SMILES string of the molecule is CCCc1cc(N2CCCC(N)C2)nc(Nc2ccc(F)c(C#N)c2)n1.Cl.Cl. The highest BCUT2D eigenvalue weighted by Gasteiger charge is 2.19. The summed E-state index contributed by atoms with van der Waals surface area (Å²) in [7, 11) is 0. The Bertz CT molecular complexity index is 827. The fourth-order valence-electron chi connectivity index (χ4n) is 3.12. The number of hydrogen-bond donors (Lipinski definition) is 2. The zero-order valence-corrected chi connectivity index (χ0v) is 17.3. The van der Waals surface area contributed by atoms with Gasteiger partial charge in [-0.2, -0.15) is 10.2 Å². The third-order valence-corrected chi connectivity index (χ3v) is 4.40. The molecule has 1 saturated heterocycles. The molecule has 9 heteroatoms. The van der Waals surface area contributed by atoms with E-state index in [1.54, 1.807) is 6.07 Å². The number of benzene rings is 1. The van der Waals surface area contributed by atoms with E-state index in [1.807, 2.05) is 12.1 Å². The van der Waals surface area contributed by atoms with Gasteiger partial charge < -0.3 is 16.0 Å². The summed E-state index contributed by atoms with van der Waals surface area (Å²) >= 11 is 0. The molecule has 1 aromatic heterocycles. The molecule has 3 rings (SSSR count). The molecule has 0 radical (unpaired) electrons. The summed E-state index contributed by atoms with van der Waals surface area (Å²) in [5.41, 5.74) is 7.62. The number of nitrogens with two attached hydrogens (primary N) is 1. The van der Waals surface area contributed by atoms with E-state index in [4.69, 9.17) is 11.0 Å². The molecule has 28 heavy (non-hydrogen) atoms. The van der Waals surface area contributed by atoms with Gasteiger partial charge >= 0.3 is 0 Å². The lowest BCUT2D eigenvalue weighted by molar-refractivity contribution is 0.503. The molecular formula is C19H25Cl2FN6. The summed E-state index contributed by atoms with van der Waals surface area (Å²) in [6.45, 7) is 3.80. The highest BCUT2D eigenvalue weighted by atomic mass is 35.5. The van der Waals surface area contributed by atoms with Gasteiger partial charge in [0.2, 0.25) is 5.95 Å². The number of aryl methyl sites for hydroxylation is 1. The molecule has 2 heterocycles. The number of halogens is 3. The van der Waals surface area contributed by atoms with E-state index >= 15 is 0 Å². The molecule has 152 valence electrons. The largest absolute Gasteiger partial charge is 0.355 e. The van der Waals surface area contributed by atoms with Crippen molar-refractivity contribution in [2.24, 2.45) is 5.73 Å². The minimum Gasteiger partial charge on any atom is -0.355 e. The third-order valence-electron chi connectivity index (χ3n) is 4.40. The van der Waals surface area contributed by atoms with E-state index in [0.717, 1.165) is 50.3 Å². The minimum absolute atomic E-state index is 0. The molecular weight excluding hydrogens is 402 g/mol. The third kappa shape index (κ3) is 5.93. The summed E-state index contributed by atoms with van der Waals surface area (Å²) in [4.78, 5) is 11.4. The fourth-order valence-corrected chi connectivity index (χ4v) is 3.12. The second kappa shape index (κ2) is 11.0. The van der Waals surface area contributed by atoms with E-state index in [-0.39, 0.29) is 36.4 Å². The Morgan fingerprint density at radius 2 is 2.11 bits per heavy atom. The Labute approximate surface area is 177 Å². The molecule has 0 spiro atoms. The van der Waals surface area contributed by atoms with Crippen molar-refractivity contribution in [2.75, 3.05) is 23.3 Å². The topological polar surface area (TPSA) is 90.9 Å². The predicted molar refractivity (Wildman–Crippen MR) is 114 cm³/mol. The number of nitrogens with zero attached hydrogens (tertiary/aromatic N) is 4. The van der Waals surface area contributed by atoms with E-state index in [9.17, 15) is 4.39 Å². The average Bonchev–Trinajstić information content (AvgIpc) is 2.63. The normalized spacial score (nSPS) is 15.8. The number of anilines is 3. The van der Waals surface area contributed by atoms with E-state index in [2.05, 4.69) is 27.1 Å². The standard InChI is InChI=1S/C19H23FN6.2ClH/c1-2-4-15-10-18(26-8-3-5-14(22)12-26)25-19(23-15)24-16-6-7-17(20)13(9-16)11-21;;/h6-7,9-10,14H,2-5,8,12,22H2,1H3,(H,23,24,25);2*1H. The van der Waals surface area contributed by atoms with E-state index in [1.165, 1.54) is 12.1 Å². The van der Waals surface area contributed by atoms with Crippen LogP contribution in [-0.4, -0.2) is 29.1 Å². The zero-order valence-electron chi connectivity index (χ0n) is 15.7. The first-order valence-corrected chi connectivity index (χ1v) is 8.94. The van der Waals surface area contributed by atoms with Crippen molar-refractivity contribution >= 4 is 42.3 Å². The van der Waals surface area contributed by atoms with Crippen LogP contribution in [0.1, 0.15) is 37.4 Å². The fraction of sp³-hybridized carbons (Fsp3) is 0.421. The van der Waals surface area contributed by atoms with Crippen molar-refractivity contribution in [3.05, 3.63) is 41.3 Å². The van der Waals surface area contributed by atoms with Crippen LogP contribution in [0.25, 0.3) is 0 Å². The maximum Gasteiger partial charge on any atom is 0.229 e. The lowest BCUT2D eigenvalue weighted by atomic mass is 10.1. The number of rotatable bonds is 5. The minimum atomic E-state index is -0.540. The van der Waals surface area contributed by atoms with Crippen molar-refractivity contribution in [2.45, 2.75) is 38.6 Å².